The maximum absolute atomic E-state index is 11.1. The molecule has 2 heterocycles. The number of hydrogen-bond acceptors (Lipinski definition) is 4. The highest BCUT2D eigenvalue weighted by atomic mass is 16.5. The molecule has 3 aromatic rings. The van der Waals surface area contributed by atoms with Crippen LogP contribution in [0.4, 0.5) is 0 Å². The predicted octanol–water partition coefficient (Wildman–Crippen LogP) is 2.72. The highest BCUT2D eigenvalue weighted by molar-refractivity contribution is 5.93. The van der Waals surface area contributed by atoms with Crippen molar-refractivity contribution in [1.29, 1.82) is 0 Å². The molecule has 0 aliphatic carbocycles. The minimum absolute atomic E-state index is 0.266. The van der Waals surface area contributed by atoms with E-state index in [1.807, 2.05) is 16.8 Å². The van der Waals surface area contributed by atoms with Gasteiger partial charge in [-0.05, 0) is 30.0 Å². The van der Waals surface area contributed by atoms with Crippen molar-refractivity contribution in [2.45, 2.75) is 26.3 Å². The Labute approximate surface area is 121 Å². The molecule has 6 heteroatoms. The Morgan fingerprint density at radius 2 is 2.24 bits per heavy atom. The normalized spacial score (nSPS) is 11.1. The summed E-state index contributed by atoms with van der Waals surface area (Å²) in [6, 6.07) is 7.00. The Morgan fingerprint density at radius 1 is 1.38 bits per heavy atom. The number of rotatable bonds is 5. The van der Waals surface area contributed by atoms with Gasteiger partial charge in [0.05, 0.1) is 12.1 Å². The number of aromatic nitrogens is 3. The highest BCUT2D eigenvalue weighted by Crippen LogP contribution is 2.18. The van der Waals surface area contributed by atoms with E-state index in [1.165, 1.54) is 0 Å². The molecule has 21 heavy (non-hydrogen) atoms. The van der Waals surface area contributed by atoms with Crippen LogP contribution in [-0.4, -0.2) is 25.8 Å². The molecular formula is C15H15N3O3. The summed E-state index contributed by atoms with van der Waals surface area (Å²) < 4.78 is 7.08. The molecule has 2 aromatic heterocycles. The second-order valence-corrected chi connectivity index (χ2v) is 4.88. The summed E-state index contributed by atoms with van der Waals surface area (Å²) >= 11 is 0. The zero-order valence-electron chi connectivity index (χ0n) is 11.6. The molecule has 0 saturated carbocycles. The first-order valence-electron chi connectivity index (χ1n) is 6.81. The lowest BCUT2D eigenvalue weighted by molar-refractivity contribution is 0.0697. The van der Waals surface area contributed by atoms with Gasteiger partial charge in [-0.25, -0.2) is 4.79 Å². The molecule has 0 spiro atoms. The molecule has 0 aliphatic rings. The third-order valence-electron chi connectivity index (χ3n) is 3.31. The van der Waals surface area contributed by atoms with Crippen molar-refractivity contribution in [1.82, 2.24) is 14.7 Å². The Hall–Kier alpha value is -2.63. The third kappa shape index (κ3) is 2.65. The maximum Gasteiger partial charge on any atom is 0.335 e. The summed E-state index contributed by atoms with van der Waals surface area (Å²) in [6.07, 6.45) is 3.62. The van der Waals surface area contributed by atoms with Gasteiger partial charge in [0, 0.05) is 18.1 Å². The topological polar surface area (TPSA) is 81.2 Å². The average Bonchev–Trinajstić information content (AvgIpc) is 3.07. The van der Waals surface area contributed by atoms with E-state index in [4.69, 9.17) is 9.63 Å². The van der Waals surface area contributed by atoms with Crippen LogP contribution < -0.4 is 0 Å². The van der Waals surface area contributed by atoms with Crippen LogP contribution in [0.3, 0.4) is 0 Å². The SMILES string of the molecule is CCCc1nc(Cn2ccc3ccc(C(=O)O)cc32)no1. The van der Waals surface area contributed by atoms with Crippen LogP contribution in [-0.2, 0) is 13.0 Å². The number of fused-ring (bicyclic) bond motifs is 1. The van der Waals surface area contributed by atoms with E-state index in [1.54, 1.807) is 18.2 Å². The number of aromatic carboxylic acids is 1. The van der Waals surface area contributed by atoms with Crippen LogP contribution in [0.5, 0.6) is 0 Å². The first kappa shape index (κ1) is 13.4. The zero-order valence-corrected chi connectivity index (χ0v) is 11.6. The van der Waals surface area contributed by atoms with Gasteiger partial charge in [-0.15, -0.1) is 0 Å². The number of carboxylic acids is 1. The Kier molecular flexibility index (Phi) is 3.43. The Morgan fingerprint density at radius 3 is 3.00 bits per heavy atom. The van der Waals surface area contributed by atoms with Gasteiger partial charge in [0.25, 0.3) is 0 Å². The second-order valence-electron chi connectivity index (χ2n) is 4.88. The summed E-state index contributed by atoms with van der Waals surface area (Å²) in [4.78, 5) is 15.4. The molecule has 3 rings (SSSR count). The van der Waals surface area contributed by atoms with E-state index in [0.717, 1.165) is 23.7 Å². The van der Waals surface area contributed by atoms with E-state index in [0.29, 0.717) is 18.3 Å². The largest absolute Gasteiger partial charge is 0.478 e. The summed E-state index contributed by atoms with van der Waals surface area (Å²) in [6.45, 7) is 2.51. The summed E-state index contributed by atoms with van der Waals surface area (Å²) in [5.41, 5.74) is 1.11. The van der Waals surface area contributed by atoms with Crippen molar-refractivity contribution in [3.63, 3.8) is 0 Å². The van der Waals surface area contributed by atoms with Crippen LogP contribution >= 0.6 is 0 Å². The molecule has 0 amide bonds. The number of hydrogen-bond donors (Lipinski definition) is 1. The molecule has 0 unspecified atom stereocenters. The maximum atomic E-state index is 11.1. The van der Waals surface area contributed by atoms with E-state index < -0.39 is 5.97 Å². The van der Waals surface area contributed by atoms with Crippen molar-refractivity contribution >= 4 is 16.9 Å². The molecule has 0 saturated heterocycles. The predicted molar refractivity (Wildman–Crippen MR) is 76.3 cm³/mol. The summed E-state index contributed by atoms with van der Waals surface area (Å²) in [7, 11) is 0. The van der Waals surface area contributed by atoms with E-state index >= 15 is 0 Å². The molecule has 0 radical (unpaired) electrons. The minimum atomic E-state index is -0.936. The molecule has 0 bridgehead atoms. The van der Waals surface area contributed by atoms with Gasteiger partial charge in [-0.3, -0.25) is 0 Å². The molecule has 0 aliphatic heterocycles. The fourth-order valence-electron chi connectivity index (χ4n) is 2.28. The average molecular weight is 285 g/mol. The highest BCUT2D eigenvalue weighted by Gasteiger charge is 2.10. The first-order valence-corrected chi connectivity index (χ1v) is 6.81. The molecule has 1 aromatic carbocycles. The fraction of sp³-hybridized carbons (Fsp3) is 0.267. The number of benzene rings is 1. The van der Waals surface area contributed by atoms with Gasteiger partial charge in [-0.1, -0.05) is 18.1 Å². The minimum Gasteiger partial charge on any atom is -0.478 e. The van der Waals surface area contributed by atoms with Crippen molar-refractivity contribution in [2.75, 3.05) is 0 Å². The standard InChI is InChI=1S/C15H15N3O3/c1-2-3-14-16-13(17-21-14)9-18-7-6-10-4-5-11(15(19)20)8-12(10)18/h4-8H,2-3,9H2,1H3,(H,19,20). The van der Waals surface area contributed by atoms with Crippen LogP contribution in [0, 0.1) is 0 Å². The molecule has 0 fully saturated rings. The van der Waals surface area contributed by atoms with E-state index in [-0.39, 0.29) is 5.56 Å². The quantitative estimate of drug-likeness (QED) is 0.779. The lowest BCUT2D eigenvalue weighted by atomic mass is 10.1. The Balaban J connectivity index is 1.92. The van der Waals surface area contributed by atoms with Crippen molar-refractivity contribution in [2.24, 2.45) is 0 Å². The molecule has 1 N–H and O–H groups in total. The van der Waals surface area contributed by atoms with Gasteiger partial charge in [0.1, 0.15) is 0 Å². The molecule has 0 atom stereocenters. The number of carboxylic acid groups (broad SMARTS) is 1. The van der Waals surface area contributed by atoms with Gasteiger partial charge >= 0.3 is 5.97 Å². The first-order chi connectivity index (χ1) is 10.2. The zero-order chi connectivity index (χ0) is 14.8. The van der Waals surface area contributed by atoms with Crippen LogP contribution in [0.2, 0.25) is 0 Å². The smallest absolute Gasteiger partial charge is 0.335 e. The monoisotopic (exact) mass is 285 g/mol. The Bertz CT molecular complexity index is 788. The van der Waals surface area contributed by atoms with Gasteiger partial charge in [-0.2, -0.15) is 4.98 Å². The second kappa shape index (κ2) is 5.40. The van der Waals surface area contributed by atoms with Gasteiger partial charge in [0.2, 0.25) is 5.89 Å². The molecule has 6 nitrogen and oxygen atoms in total. The van der Waals surface area contributed by atoms with Crippen molar-refractivity contribution in [3.05, 3.63) is 47.7 Å². The summed E-state index contributed by atoms with van der Waals surface area (Å²) in [5.74, 6) is 0.293. The number of carbonyl (C=O) groups is 1. The lowest BCUT2D eigenvalue weighted by Gasteiger charge is -2.02. The fourth-order valence-corrected chi connectivity index (χ4v) is 2.28. The summed E-state index contributed by atoms with van der Waals surface area (Å²) in [5, 5.41) is 14.0. The van der Waals surface area contributed by atoms with Gasteiger partial charge in [0.15, 0.2) is 5.82 Å². The van der Waals surface area contributed by atoms with Crippen molar-refractivity contribution < 1.29 is 14.4 Å². The van der Waals surface area contributed by atoms with Gasteiger partial charge < -0.3 is 14.2 Å². The van der Waals surface area contributed by atoms with E-state index in [9.17, 15) is 4.79 Å². The number of nitrogens with zero attached hydrogens (tertiary/aromatic N) is 3. The van der Waals surface area contributed by atoms with Crippen LogP contribution in [0.1, 0.15) is 35.4 Å². The van der Waals surface area contributed by atoms with Crippen LogP contribution in [0.25, 0.3) is 10.9 Å². The van der Waals surface area contributed by atoms with E-state index in [2.05, 4.69) is 17.1 Å². The lowest BCUT2D eigenvalue weighted by Crippen LogP contribution is -2.01. The molecular weight excluding hydrogens is 270 g/mol. The van der Waals surface area contributed by atoms with Crippen LogP contribution in [0.15, 0.2) is 35.0 Å². The third-order valence-corrected chi connectivity index (χ3v) is 3.31. The van der Waals surface area contributed by atoms with Crippen molar-refractivity contribution in [3.8, 4) is 0 Å². The number of aryl methyl sites for hydroxylation is 1. The molecule has 108 valence electrons.